The Morgan fingerprint density at radius 3 is 0.797 bits per heavy atom. The van der Waals surface area contributed by atoms with Crippen molar-refractivity contribution in [2.45, 2.75) is 284 Å². The van der Waals surface area contributed by atoms with Gasteiger partial charge >= 0.3 is 23.9 Å². The fraction of sp³-hybridized carbons (Fsp3) is 0.922. The molecule has 59 heavy (non-hydrogen) atoms. The van der Waals surface area contributed by atoms with Crippen LogP contribution in [-0.2, 0) is 38.1 Å². The molecule has 0 fully saturated rings. The SMILES string of the molecule is CCCCCCCCCCCCCCOC(=O)CC(CC(=O)OCCCCCCCCCCCCCC)(OC(=O)CC)C(=O)OCCCCCCCCCCCCCC. The van der Waals surface area contributed by atoms with E-state index in [2.05, 4.69) is 20.8 Å². The predicted molar refractivity (Wildman–Crippen MR) is 244 cm³/mol. The second-order valence-corrected chi connectivity index (χ2v) is 17.4. The molecular formula is C51H96O8. The molecule has 348 valence electrons. The molecule has 8 nitrogen and oxygen atoms in total. The minimum absolute atomic E-state index is 0.0183. The Kier molecular flexibility index (Phi) is 42.4. The van der Waals surface area contributed by atoms with Crippen LogP contribution in [0.2, 0.25) is 0 Å². The van der Waals surface area contributed by atoms with Gasteiger partial charge in [0.1, 0.15) is 0 Å². The van der Waals surface area contributed by atoms with Crippen molar-refractivity contribution in [2.75, 3.05) is 19.8 Å². The van der Waals surface area contributed by atoms with E-state index in [0.717, 1.165) is 57.8 Å². The normalized spacial score (nSPS) is 11.5. The van der Waals surface area contributed by atoms with Gasteiger partial charge in [-0.3, -0.25) is 14.4 Å². The van der Waals surface area contributed by atoms with Crippen molar-refractivity contribution in [3.05, 3.63) is 0 Å². The maximum Gasteiger partial charge on any atom is 0.351 e. The van der Waals surface area contributed by atoms with E-state index in [1.807, 2.05) is 0 Å². The topological polar surface area (TPSA) is 105 Å². The van der Waals surface area contributed by atoms with Gasteiger partial charge < -0.3 is 18.9 Å². The zero-order chi connectivity index (χ0) is 43.3. The minimum Gasteiger partial charge on any atom is -0.466 e. The van der Waals surface area contributed by atoms with Crippen molar-refractivity contribution >= 4 is 23.9 Å². The minimum atomic E-state index is -2.12. The summed E-state index contributed by atoms with van der Waals surface area (Å²) in [6.07, 6.45) is 41.7. The first-order valence-corrected chi connectivity index (χ1v) is 25.5. The third kappa shape index (κ3) is 37.4. The molecule has 0 saturated heterocycles. The molecule has 0 rings (SSSR count). The average molecular weight is 837 g/mol. The summed E-state index contributed by atoms with van der Waals surface area (Å²) in [5, 5.41) is 0. The maximum absolute atomic E-state index is 13.8. The van der Waals surface area contributed by atoms with Gasteiger partial charge in [-0.05, 0) is 19.3 Å². The summed E-state index contributed by atoms with van der Waals surface area (Å²) >= 11 is 0. The third-order valence-corrected chi connectivity index (χ3v) is 11.6. The van der Waals surface area contributed by atoms with Crippen LogP contribution in [-0.4, -0.2) is 49.3 Å². The van der Waals surface area contributed by atoms with E-state index in [-0.39, 0.29) is 26.2 Å². The quantitative estimate of drug-likeness (QED) is 0.0339. The molecule has 0 unspecified atom stereocenters. The van der Waals surface area contributed by atoms with E-state index in [4.69, 9.17) is 18.9 Å². The standard InChI is InChI=1S/C51H96O8/c1-5-9-12-15-18-21-24-27-30-33-36-39-42-56-48(53)45-51(59-47(52)8-4,50(55)58-44-41-38-35-32-29-26-23-20-17-14-11-7-3)46-49(54)57-43-40-37-34-31-28-25-22-19-16-13-10-6-2/h5-46H2,1-4H3. The maximum atomic E-state index is 13.8. The number of carbonyl (C=O) groups is 4. The van der Waals surface area contributed by atoms with Crippen LogP contribution in [0.1, 0.15) is 278 Å². The summed E-state index contributed by atoms with van der Waals surface area (Å²) in [5.74, 6) is -2.94. The van der Waals surface area contributed by atoms with Crippen LogP contribution in [0.15, 0.2) is 0 Å². The van der Waals surface area contributed by atoms with Crippen LogP contribution in [0.5, 0.6) is 0 Å². The summed E-state index contributed by atoms with van der Waals surface area (Å²) in [5.41, 5.74) is -2.12. The number of rotatable bonds is 46. The number of carbonyl (C=O) groups excluding carboxylic acids is 4. The van der Waals surface area contributed by atoms with Gasteiger partial charge in [0, 0.05) is 6.42 Å². The number of hydrogen-bond acceptors (Lipinski definition) is 8. The fourth-order valence-corrected chi connectivity index (χ4v) is 7.68. The zero-order valence-electron chi connectivity index (χ0n) is 39.5. The molecule has 0 bridgehead atoms. The largest absolute Gasteiger partial charge is 0.466 e. The molecule has 0 aromatic rings. The van der Waals surface area contributed by atoms with Crippen LogP contribution in [0, 0.1) is 0 Å². The van der Waals surface area contributed by atoms with Gasteiger partial charge in [-0.1, -0.05) is 240 Å². The van der Waals surface area contributed by atoms with E-state index >= 15 is 0 Å². The van der Waals surface area contributed by atoms with Crippen molar-refractivity contribution in [3.63, 3.8) is 0 Å². The first-order valence-electron chi connectivity index (χ1n) is 25.5. The molecule has 0 spiro atoms. The van der Waals surface area contributed by atoms with Crippen LogP contribution >= 0.6 is 0 Å². The molecule has 0 aromatic carbocycles. The fourth-order valence-electron chi connectivity index (χ4n) is 7.68. The Hall–Kier alpha value is -2.12. The molecule has 0 aliphatic heterocycles. The highest BCUT2D eigenvalue weighted by Crippen LogP contribution is 2.27. The van der Waals surface area contributed by atoms with Gasteiger partial charge in [-0.25, -0.2) is 4.79 Å². The van der Waals surface area contributed by atoms with Gasteiger partial charge in [0.2, 0.25) is 5.60 Å². The first kappa shape index (κ1) is 56.9. The first-order chi connectivity index (χ1) is 28.8. The number of ether oxygens (including phenoxy) is 4. The lowest BCUT2D eigenvalue weighted by Crippen LogP contribution is -2.48. The second kappa shape index (κ2) is 44.0. The van der Waals surface area contributed by atoms with Crippen LogP contribution in [0.25, 0.3) is 0 Å². The van der Waals surface area contributed by atoms with E-state index in [1.165, 1.54) is 167 Å². The Balaban J connectivity index is 4.97. The van der Waals surface area contributed by atoms with Crippen molar-refractivity contribution in [3.8, 4) is 0 Å². The Bertz CT molecular complexity index is 921. The summed E-state index contributed by atoms with van der Waals surface area (Å²) in [6.45, 7) is 8.91. The highest BCUT2D eigenvalue weighted by atomic mass is 16.6. The van der Waals surface area contributed by atoms with Crippen molar-refractivity contribution in [2.24, 2.45) is 0 Å². The Labute approximate surface area is 364 Å². The van der Waals surface area contributed by atoms with E-state index in [0.29, 0.717) is 6.42 Å². The lowest BCUT2D eigenvalue weighted by atomic mass is 9.94. The Morgan fingerprint density at radius 2 is 0.542 bits per heavy atom. The monoisotopic (exact) mass is 837 g/mol. The van der Waals surface area contributed by atoms with Crippen molar-refractivity contribution in [1.82, 2.24) is 0 Å². The summed E-state index contributed by atoms with van der Waals surface area (Å²) in [7, 11) is 0. The summed E-state index contributed by atoms with van der Waals surface area (Å²) in [4.78, 5) is 52.9. The third-order valence-electron chi connectivity index (χ3n) is 11.6. The van der Waals surface area contributed by atoms with E-state index in [9.17, 15) is 19.2 Å². The zero-order valence-corrected chi connectivity index (χ0v) is 39.5. The van der Waals surface area contributed by atoms with Crippen LogP contribution < -0.4 is 0 Å². The predicted octanol–water partition coefficient (Wildman–Crippen LogP) is 15.2. The van der Waals surface area contributed by atoms with Gasteiger partial charge in [0.25, 0.3) is 0 Å². The van der Waals surface area contributed by atoms with Crippen molar-refractivity contribution in [1.29, 1.82) is 0 Å². The summed E-state index contributed by atoms with van der Waals surface area (Å²) in [6, 6.07) is 0. The summed E-state index contributed by atoms with van der Waals surface area (Å²) < 4.78 is 22.4. The molecule has 0 radical (unpaired) electrons. The van der Waals surface area contributed by atoms with E-state index in [1.54, 1.807) is 6.92 Å². The molecule has 0 saturated carbocycles. The molecule has 0 N–H and O–H groups in total. The molecule has 8 heteroatoms. The Morgan fingerprint density at radius 1 is 0.305 bits per heavy atom. The molecule has 0 amide bonds. The van der Waals surface area contributed by atoms with Crippen LogP contribution in [0.3, 0.4) is 0 Å². The van der Waals surface area contributed by atoms with Gasteiger partial charge in [0.05, 0.1) is 32.7 Å². The number of hydrogen-bond donors (Lipinski definition) is 0. The molecule has 0 atom stereocenters. The van der Waals surface area contributed by atoms with Gasteiger partial charge in [-0.15, -0.1) is 0 Å². The molecule has 0 aromatic heterocycles. The van der Waals surface area contributed by atoms with E-state index < -0.39 is 42.3 Å². The highest BCUT2D eigenvalue weighted by molar-refractivity contribution is 5.92. The van der Waals surface area contributed by atoms with Crippen molar-refractivity contribution < 1.29 is 38.1 Å². The smallest absolute Gasteiger partial charge is 0.351 e. The number of unbranched alkanes of at least 4 members (excludes halogenated alkanes) is 33. The average Bonchev–Trinajstić information content (AvgIpc) is 3.22. The molecule has 0 aliphatic rings. The molecule has 0 heterocycles. The molecular weight excluding hydrogens is 741 g/mol. The highest BCUT2D eigenvalue weighted by Gasteiger charge is 2.49. The second-order valence-electron chi connectivity index (χ2n) is 17.4. The van der Waals surface area contributed by atoms with Gasteiger partial charge in [-0.2, -0.15) is 0 Å². The number of esters is 4. The lowest BCUT2D eigenvalue weighted by molar-refractivity contribution is -0.191. The van der Waals surface area contributed by atoms with Crippen LogP contribution in [0.4, 0.5) is 0 Å². The lowest BCUT2D eigenvalue weighted by Gasteiger charge is -2.29. The molecule has 0 aliphatic carbocycles. The van der Waals surface area contributed by atoms with Gasteiger partial charge in [0.15, 0.2) is 0 Å².